The lowest BCUT2D eigenvalue weighted by Gasteiger charge is -2.23. The first-order valence-electron chi connectivity index (χ1n) is 11.8. The summed E-state index contributed by atoms with van der Waals surface area (Å²) in [6.07, 6.45) is 0.886. The van der Waals surface area contributed by atoms with Gasteiger partial charge in [0.15, 0.2) is 5.13 Å². The number of nitrogens with zero attached hydrogens (tertiary/aromatic N) is 2. The summed E-state index contributed by atoms with van der Waals surface area (Å²) in [5, 5.41) is 12.2. The van der Waals surface area contributed by atoms with E-state index >= 15 is 0 Å². The third-order valence-corrected chi connectivity index (χ3v) is 7.81. The fourth-order valence-corrected chi connectivity index (χ4v) is 5.63. The number of hydrogen-bond donors (Lipinski definition) is 1. The highest BCUT2D eigenvalue weighted by Gasteiger charge is 2.48. The van der Waals surface area contributed by atoms with Crippen LogP contribution in [0.2, 0.25) is 5.02 Å². The summed E-state index contributed by atoms with van der Waals surface area (Å²) in [6, 6.07) is 19.6. The predicted octanol–water partition coefficient (Wildman–Crippen LogP) is 7.26. The molecule has 2 heterocycles. The summed E-state index contributed by atoms with van der Waals surface area (Å²) in [4.78, 5) is 33.0. The quantitative estimate of drug-likeness (QED) is 0.172. The molecule has 1 aliphatic rings. The largest absolute Gasteiger partial charge is 0.507 e. The summed E-state index contributed by atoms with van der Waals surface area (Å²) >= 11 is 7.39. The van der Waals surface area contributed by atoms with Crippen molar-refractivity contribution >= 4 is 55.7 Å². The topological polar surface area (TPSA) is 70.5 Å². The molecule has 1 unspecified atom stereocenters. The van der Waals surface area contributed by atoms with Crippen molar-refractivity contribution in [2.24, 2.45) is 0 Å². The van der Waals surface area contributed by atoms with Crippen LogP contribution in [-0.4, -0.2) is 21.8 Å². The summed E-state index contributed by atoms with van der Waals surface area (Å²) in [7, 11) is 0. The fraction of sp³-hybridized carbons (Fsp3) is 0.207. The second-order valence-electron chi connectivity index (χ2n) is 9.15. The van der Waals surface area contributed by atoms with Crippen molar-refractivity contribution in [1.82, 2.24) is 4.98 Å². The molecular weight excluding hydrogens is 492 g/mol. The minimum Gasteiger partial charge on any atom is -0.507 e. The number of halogens is 1. The van der Waals surface area contributed by atoms with Crippen molar-refractivity contribution < 1.29 is 14.7 Å². The van der Waals surface area contributed by atoms with Gasteiger partial charge in [-0.2, -0.15) is 0 Å². The van der Waals surface area contributed by atoms with E-state index < -0.39 is 17.7 Å². The third-order valence-electron chi connectivity index (χ3n) is 6.54. The Balaban J connectivity index is 1.70. The average Bonchev–Trinajstić information content (AvgIpc) is 3.41. The molecule has 1 amide bonds. The Morgan fingerprint density at radius 1 is 1.06 bits per heavy atom. The molecule has 182 valence electrons. The molecule has 0 saturated carbocycles. The molecule has 7 heteroatoms. The van der Waals surface area contributed by atoms with Gasteiger partial charge in [-0.3, -0.25) is 14.5 Å². The van der Waals surface area contributed by atoms with Gasteiger partial charge in [-0.25, -0.2) is 4.98 Å². The Morgan fingerprint density at radius 2 is 1.75 bits per heavy atom. The minimum absolute atomic E-state index is 0.0353. The number of carbonyl (C=O) groups is 2. The van der Waals surface area contributed by atoms with Gasteiger partial charge < -0.3 is 5.11 Å². The van der Waals surface area contributed by atoms with Crippen LogP contribution in [0.1, 0.15) is 55.0 Å². The maximum Gasteiger partial charge on any atom is 0.301 e. The van der Waals surface area contributed by atoms with E-state index in [1.807, 2.05) is 36.4 Å². The highest BCUT2D eigenvalue weighted by Crippen LogP contribution is 2.44. The number of amides is 1. The highest BCUT2D eigenvalue weighted by atomic mass is 35.5. The molecule has 5 rings (SSSR count). The van der Waals surface area contributed by atoms with E-state index in [1.54, 1.807) is 24.3 Å². The number of fused-ring (bicyclic) bond motifs is 1. The molecule has 3 aromatic carbocycles. The number of anilines is 1. The number of aliphatic hydroxyl groups is 1. The molecule has 1 saturated heterocycles. The van der Waals surface area contributed by atoms with Crippen molar-refractivity contribution in [2.75, 3.05) is 4.90 Å². The number of Topliss-reactive ketones (excluding diaryl/α,β-unsaturated/α-hetero) is 1. The number of thiazole rings is 1. The first-order valence-corrected chi connectivity index (χ1v) is 13.0. The molecular formula is C29H25ClN2O3S. The molecule has 1 atom stereocenters. The van der Waals surface area contributed by atoms with Crippen LogP contribution in [0, 0.1) is 0 Å². The van der Waals surface area contributed by atoms with Gasteiger partial charge in [0.2, 0.25) is 0 Å². The van der Waals surface area contributed by atoms with Crippen molar-refractivity contribution in [3.8, 4) is 0 Å². The molecule has 4 aromatic rings. The fourth-order valence-electron chi connectivity index (χ4n) is 4.45. The third kappa shape index (κ3) is 4.21. The van der Waals surface area contributed by atoms with Gasteiger partial charge in [-0.05, 0) is 65.4 Å². The molecule has 0 spiro atoms. The zero-order valence-electron chi connectivity index (χ0n) is 20.2. The van der Waals surface area contributed by atoms with Crippen molar-refractivity contribution in [1.29, 1.82) is 0 Å². The lowest BCUT2D eigenvalue weighted by Crippen LogP contribution is -2.29. The lowest BCUT2D eigenvalue weighted by molar-refractivity contribution is -0.132. The second-order valence-corrected chi connectivity index (χ2v) is 10.6. The van der Waals surface area contributed by atoms with Gasteiger partial charge in [0, 0.05) is 10.6 Å². The molecule has 1 aromatic heterocycles. The van der Waals surface area contributed by atoms with E-state index in [4.69, 9.17) is 16.6 Å². The molecule has 0 aliphatic carbocycles. The Bertz CT molecular complexity index is 1500. The van der Waals surface area contributed by atoms with Crippen molar-refractivity contribution in [2.45, 2.75) is 39.2 Å². The Morgan fingerprint density at radius 3 is 2.39 bits per heavy atom. The molecule has 0 radical (unpaired) electrons. The van der Waals surface area contributed by atoms with Crippen molar-refractivity contribution in [3.63, 3.8) is 0 Å². The van der Waals surface area contributed by atoms with Crippen LogP contribution in [0.4, 0.5) is 5.13 Å². The van der Waals surface area contributed by atoms with E-state index in [2.05, 4.69) is 26.8 Å². The SMILES string of the molecule is CCc1ccc2nc(N3C(=O)C(=O)/C(=C(/O)c4ccc(Cl)cc4)C3c3ccc(C(C)C)cc3)sc2c1. The number of carbonyl (C=O) groups excluding carboxylic acids is 2. The number of rotatable bonds is 5. The van der Waals surface area contributed by atoms with Crippen LogP contribution in [-0.2, 0) is 16.0 Å². The zero-order chi connectivity index (χ0) is 25.6. The van der Waals surface area contributed by atoms with E-state index in [-0.39, 0.29) is 11.3 Å². The summed E-state index contributed by atoms with van der Waals surface area (Å²) in [6.45, 7) is 6.29. The van der Waals surface area contributed by atoms with Crippen LogP contribution in [0.25, 0.3) is 16.0 Å². The number of hydrogen-bond acceptors (Lipinski definition) is 5. The standard InChI is InChI=1S/C29H25ClN2O3S/c1-4-17-5-14-22-23(15-17)36-29(31-22)32-25(19-8-6-18(7-9-19)16(2)3)24(27(34)28(32)35)26(33)20-10-12-21(30)13-11-20/h5-16,25,33H,4H2,1-3H3/b26-24+. The average molecular weight is 517 g/mol. The Kier molecular flexibility index (Phi) is 6.41. The van der Waals surface area contributed by atoms with Gasteiger partial charge in [-0.15, -0.1) is 0 Å². The Labute approximate surface area is 218 Å². The van der Waals surface area contributed by atoms with E-state index in [0.29, 0.717) is 21.6 Å². The number of aliphatic hydroxyl groups excluding tert-OH is 1. The van der Waals surface area contributed by atoms with Gasteiger partial charge >= 0.3 is 5.91 Å². The van der Waals surface area contributed by atoms with Crippen LogP contribution >= 0.6 is 22.9 Å². The molecule has 1 fully saturated rings. The number of aromatic nitrogens is 1. The first-order chi connectivity index (χ1) is 17.3. The van der Waals surface area contributed by atoms with Crippen LogP contribution < -0.4 is 4.90 Å². The van der Waals surface area contributed by atoms with Gasteiger partial charge in [0.1, 0.15) is 5.76 Å². The lowest BCUT2D eigenvalue weighted by atomic mass is 9.93. The van der Waals surface area contributed by atoms with Gasteiger partial charge in [0.05, 0.1) is 21.8 Å². The van der Waals surface area contributed by atoms with Gasteiger partial charge in [0.25, 0.3) is 5.78 Å². The smallest absolute Gasteiger partial charge is 0.301 e. The summed E-state index contributed by atoms with van der Waals surface area (Å²) in [5.41, 5.74) is 4.25. The maximum atomic E-state index is 13.4. The monoisotopic (exact) mass is 516 g/mol. The molecule has 36 heavy (non-hydrogen) atoms. The molecule has 5 nitrogen and oxygen atoms in total. The predicted molar refractivity (Wildman–Crippen MR) is 146 cm³/mol. The number of benzene rings is 3. The van der Waals surface area contributed by atoms with Crippen LogP contribution in [0.15, 0.2) is 72.3 Å². The number of aryl methyl sites for hydroxylation is 1. The first kappa shape index (κ1) is 24.2. The highest BCUT2D eigenvalue weighted by molar-refractivity contribution is 7.22. The molecule has 0 bridgehead atoms. The molecule has 1 aliphatic heterocycles. The normalized spacial score (nSPS) is 17.5. The van der Waals surface area contributed by atoms with Crippen LogP contribution in [0.5, 0.6) is 0 Å². The maximum absolute atomic E-state index is 13.4. The van der Waals surface area contributed by atoms with E-state index in [1.165, 1.54) is 21.8 Å². The Hall–Kier alpha value is -3.48. The van der Waals surface area contributed by atoms with Crippen LogP contribution in [0.3, 0.4) is 0 Å². The summed E-state index contributed by atoms with van der Waals surface area (Å²) in [5.74, 6) is -1.36. The second kappa shape index (κ2) is 9.52. The zero-order valence-corrected chi connectivity index (χ0v) is 21.7. The van der Waals surface area contributed by atoms with E-state index in [0.717, 1.165) is 27.8 Å². The molecule has 1 N–H and O–H groups in total. The van der Waals surface area contributed by atoms with Gasteiger partial charge in [-0.1, -0.05) is 74.0 Å². The minimum atomic E-state index is -0.812. The van der Waals surface area contributed by atoms with Crippen molar-refractivity contribution in [3.05, 3.63) is 99.6 Å². The summed E-state index contributed by atoms with van der Waals surface area (Å²) < 4.78 is 0.942. The number of ketones is 1. The van der Waals surface area contributed by atoms with E-state index in [9.17, 15) is 14.7 Å².